The number of carbonyl (C=O) groups is 2. The summed E-state index contributed by atoms with van der Waals surface area (Å²) in [7, 11) is 0. The van der Waals surface area contributed by atoms with Crippen LogP contribution in [0.25, 0.3) is 0 Å². The zero-order valence-corrected chi connectivity index (χ0v) is 14.1. The third-order valence-corrected chi connectivity index (χ3v) is 4.33. The Kier molecular flexibility index (Phi) is 5.64. The van der Waals surface area contributed by atoms with E-state index in [2.05, 4.69) is 17.4 Å². The quantitative estimate of drug-likeness (QED) is 0.647. The standard InChI is InChI=1S/C18H25NO4/c1-4-18(2,3)16(20)22-10-9-19-17(21)23-15-11-13-7-5-6-8-14(13)12-15/h5-8,15H,4,9-12H2,1-3H3,(H,19,21). The van der Waals surface area contributed by atoms with Gasteiger partial charge in [0.1, 0.15) is 12.7 Å². The molecule has 0 saturated carbocycles. The SMILES string of the molecule is CCC(C)(C)C(=O)OCCNC(=O)OC1Cc2ccccc2C1. The van der Waals surface area contributed by atoms with Crippen molar-refractivity contribution in [1.29, 1.82) is 0 Å². The molecule has 0 atom stereocenters. The van der Waals surface area contributed by atoms with Gasteiger partial charge in [0.15, 0.2) is 0 Å². The Bertz CT molecular complexity index is 543. The summed E-state index contributed by atoms with van der Waals surface area (Å²) in [4.78, 5) is 23.6. The third kappa shape index (κ3) is 4.71. The highest BCUT2D eigenvalue weighted by molar-refractivity contribution is 5.75. The Morgan fingerprint density at radius 3 is 2.39 bits per heavy atom. The molecule has 5 heteroatoms. The number of esters is 1. The molecule has 0 spiro atoms. The predicted octanol–water partition coefficient (Wildman–Crippen LogP) is 2.86. The molecule has 0 aliphatic heterocycles. The van der Waals surface area contributed by atoms with Gasteiger partial charge in [0.2, 0.25) is 0 Å². The van der Waals surface area contributed by atoms with Gasteiger partial charge in [-0.15, -0.1) is 0 Å². The lowest BCUT2D eigenvalue weighted by atomic mass is 9.91. The number of ether oxygens (including phenoxy) is 2. The van der Waals surface area contributed by atoms with E-state index in [0.29, 0.717) is 6.42 Å². The van der Waals surface area contributed by atoms with Crippen molar-refractivity contribution in [2.24, 2.45) is 5.41 Å². The molecular formula is C18H25NO4. The molecule has 1 amide bonds. The summed E-state index contributed by atoms with van der Waals surface area (Å²) in [6.07, 6.45) is 1.64. The van der Waals surface area contributed by atoms with Gasteiger partial charge in [-0.25, -0.2) is 4.79 Å². The lowest BCUT2D eigenvalue weighted by Crippen LogP contribution is -2.33. The van der Waals surface area contributed by atoms with Gasteiger partial charge in [0, 0.05) is 12.8 Å². The van der Waals surface area contributed by atoms with Crippen LogP contribution in [-0.2, 0) is 27.1 Å². The fourth-order valence-corrected chi connectivity index (χ4v) is 2.43. The Morgan fingerprint density at radius 2 is 1.83 bits per heavy atom. The van der Waals surface area contributed by atoms with Crippen LogP contribution in [0, 0.1) is 5.41 Å². The summed E-state index contributed by atoms with van der Waals surface area (Å²) in [6.45, 7) is 6.03. The lowest BCUT2D eigenvalue weighted by molar-refractivity contribution is -0.153. The second-order valence-corrected chi connectivity index (χ2v) is 6.50. The zero-order chi connectivity index (χ0) is 16.9. The van der Waals surface area contributed by atoms with E-state index in [0.717, 1.165) is 12.8 Å². The number of amides is 1. The van der Waals surface area contributed by atoms with E-state index in [-0.39, 0.29) is 25.2 Å². The summed E-state index contributed by atoms with van der Waals surface area (Å²) < 4.78 is 10.6. The molecule has 0 saturated heterocycles. The summed E-state index contributed by atoms with van der Waals surface area (Å²) in [6, 6.07) is 8.11. The smallest absolute Gasteiger partial charge is 0.407 e. The lowest BCUT2D eigenvalue weighted by Gasteiger charge is -2.20. The molecule has 1 aromatic rings. The van der Waals surface area contributed by atoms with E-state index in [9.17, 15) is 9.59 Å². The zero-order valence-electron chi connectivity index (χ0n) is 14.1. The van der Waals surface area contributed by atoms with Gasteiger partial charge in [-0.1, -0.05) is 31.2 Å². The average Bonchev–Trinajstić information content (AvgIpc) is 2.93. The summed E-state index contributed by atoms with van der Waals surface area (Å²) in [5, 5.41) is 2.62. The number of hydrogen-bond acceptors (Lipinski definition) is 4. The molecule has 23 heavy (non-hydrogen) atoms. The van der Waals surface area contributed by atoms with Crippen molar-refractivity contribution in [3.8, 4) is 0 Å². The first-order chi connectivity index (χ1) is 10.9. The predicted molar refractivity (Wildman–Crippen MR) is 87.2 cm³/mol. The van der Waals surface area contributed by atoms with Crippen LogP contribution in [0.3, 0.4) is 0 Å². The van der Waals surface area contributed by atoms with Crippen LogP contribution in [0.1, 0.15) is 38.3 Å². The molecule has 1 aromatic carbocycles. The van der Waals surface area contributed by atoms with Crippen molar-refractivity contribution >= 4 is 12.1 Å². The van der Waals surface area contributed by atoms with Crippen LogP contribution in [-0.4, -0.2) is 31.3 Å². The van der Waals surface area contributed by atoms with Crippen LogP contribution < -0.4 is 5.32 Å². The maximum atomic E-state index is 11.8. The van der Waals surface area contributed by atoms with Crippen molar-refractivity contribution in [2.75, 3.05) is 13.2 Å². The van der Waals surface area contributed by atoms with Crippen molar-refractivity contribution in [3.05, 3.63) is 35.4 Å². The van der Waals surface area contributed by atoms with E-state index in [1.165, 1.54) is 11.1 Å². The molecular weight excluding hydrogens is 294 g/mol. The number of rotatable bonds is 6. The van der Waals surface area contributed by atoms with E-state index in [4.69, 9.17) is 9.47 Å². The van der Waals surface area contributed by atoms with E-state index in [1.807, 2.05) is 32.9 Å². The molecule has 1 aliphatic rings. The molecule has 2 rings (SSSR count). The van der Waals surface area contributed by atoms with Crippen molar-refractivity contribution in [3.63, 3.8) is 0 Å². The Balaban J connectivity index is 1.64. The van der Waals surface area contributed by atoms with Crippen molar-refractivity contribution in [1.82, 2.24) is 5.32 Å². The normalized spacial score (nSPS) is 14.2. The van der Waals surface area contributed by atoms with E-state index in [1.54, 1.807) is 0 Å². The highest BCUT2D eigenvalue weighted by Crippen LogP contribution is 2.23. The number of benzene rings is 1. The van der Waals surface area contributed by atoms with Crippen LogP contribution >= 0.6 is 0 Å². The molecule has 0 radical (unpaired) electrons. The Hall–Kier alpha value is -2.04. The third-order valence-electron chi connectivity index (χ3n) is 4.33. The van der Waals surface area contributed by atoms with Gasteiger partial charge in [0.25, 0.3) is 0 Å². The largest absolute Gasteiger partial charge is 0.463 e. The molecule has 1 N–H and O–H groups in total. The maximum absolute atomic E-state index is 11.8. The topological polar surface area (TPSA) is 64.6 Å². The monoisotopic (exact) mass is 319 g/mol. The summed E-state index contributed by atoms with van der Waals surface area (Å²) in [5.74, 6) is -0.249. The molecule has 0 heterocycles. The number of alkyl carbamates (subject to hydrolysis) is 1. The van der Waals surface area contributed by atoms with E-state index < -0.39 is 11.5 Å². The first-order valence-corrected chi connectivity index (χ1v) is 8.11. The fraction of sp³-hybridized carbons (Fsp3) is 0.556. The van der Waals surface area contributed by atoms with Crippen LogP contribution in [0.4, 0.5) is 4.79 Å². The maximum Gasteiger partial charge on any atom is 0.407 e. The molecule has 0 fully saturated rings. The Labute approximate surface area is 137 Å². The number of hydrogen-bond donors (Lipinski definition) is 1. The van der Waals surface area contributed by atoms with Gasteiger partial charge < -0.3 is 14.8 Å². The van der Waals surface area contributed by atoms with Crippen LogP contribution in [0.5, 0.6) is 0 Å². The number of nitrogens with one attached hydrogen (secondary N) is 1. The highest BCUT2D eigenvalue weighted by Gasteiger charge is 2.27. The molecule has 0 aromatic heterocycles. The van der Waals surface area contributed by atoms with Gasteiger partial charge in [-0.3, -0.25) is 4.79 Å². The first-order valence-electron chi connectivity index (χ1n) is 8.11. The second-order valence-electron chi connectivity index (χ2n) is 6.50. The first kappa shape index (κ1) is 17.3. The second kappa shape index (κ2) is 7.49. The van der Waals surface area contributed by atoms with Gasteiger partial charge in [-0.2, -0.15) is 0 Å². The van der Waals surface area contributed by atoms with Crippen molar-refractivity contribution < 1.29 is 19.1 Å². The Morgan fingerprint density at radius 1 is 1.22 bits per heavy atom. The summed E-state index contributed by atoms with van der Waals surface area (Å²) in [5.41, 5.74) is 1.98. The van der Waals surface area contributed by atoms with Crippen LogP contribution in [0.15, 0.2) is 24.3 Å². The average molecular weight is 319 g/mol. The minimum atomic E-state index is -0.490. The molecule has 5 nitrogen and oxygen atoms in total. The number of carbonyl (C=O) groups excluding carboxylic acids is 2. The van der Waals surface area contributed by atoms with Crippen molar-refractivity contribution in [2.45, 2.75) is 46.1 Å². The molecule has 1 aliphatic carbocycles. The molecule has 0 unspecified atom stereocenters. The summed E-state index contributed by atoms with van der Waals surface area (Å²) >= 11 is 0. The van der Waals surface area contributed by atoms with Crippen LogP contribution in [0.2, 0.25) is 0 Å². The minimum Gasteiger partial charge on any atom is -0.463 e. The van der Waals surface area contributed by atoms with Gasteiger partial charge in [-0.05, 0) is 31.4 Å². The molecule has 126 valence electrons. The van der Waals surface area contributed by atoms with E-state index >= 15 is 0 Å². The minimum absolute atomic E-state index is 0.117. The fourth-order valence-electron chi connectivity index (χ4n) is 2.43. The number of fused-ring (bicyclic) bond motifs is 1. The van der Waals surface area contributed by atoms with Gasteiger partial charge in [0.05, 0.1) is 12.0 Å². The molecule has 0 bridgehead atoms. The highest BCUT2D eigenvalue weighted by atomic mass is 16.6. The van der Waals surface area contributed by atoms with Gasteiger partial charge >= 0.3 is 12.1 Å².